The molecule has 0 bridgehead atoms. The molecule has 0 radical (unpaired) electrons. The fourth-order valence-corrected chi connectivity index (χ4v) is 1.37. The smallest absolute Gasteiger partial charge is 0.275 e. The number of carbonyl (C=O) groups excluding carboxylic acids is 1. The summed E-state index contributed by atoms with van der Waals surface area (Å²) in [5.41, 5.74) is 2.45. The maximum Gasteiger partial charge on any atom is 0.275 e. The molecule has 0 aliphatic heterocycles. The van der Waals surface area contributed by atoms with Crippen LogP contribution in [0.1, 0.15) is 19.4 Å². The zero-order valence-electron chi connectivity index (χ0n) is 9.81. The van der Waals surface area contributed by atoms with Gasteiger partial charge in [-0.1, -0.05) is 26.0 Å². The summed E-state index contributed by atoms with van der Waals surface area (Å²) in [5, 5.41) is 8.91. The highest BCUT2D eigenvalue weighted by atomic mass is 16.5. The lowest BCUT2D eigenvalue weighted by Gasteiger charge is -2.21. The highest BCUT2D eigenvalue weighted by Crippen LogP contribution is 2.20. The second-order valence-electron chi connectivity index (χ2n) is 3.90. The number of hydrogen-bond donors (Lipinski definition) is 2. The number of nitrogens with zero attached hydrogens (tertiary/aromatic N) is 1. The molecule has 1 unspecified atom stereocenters. The van der Waals surface area contributed by atoms with Crippen LogP contribution in [0.25, 0.3) is 0 Å². The van der Waals surface area contributed by atoms with E-state index in [4.69, 9.17) is 15.8 Å². The molecule has 0 heterocycles. The molecule has 0 fully saturated rings. The quantitative estimate of drug-likeness (QED) is 0.460. The van der Waals surface area contributed by atoms with E-state index in [9.17, 15) is 4.79 Å². The number of hydrogen-bond acceptors (Lipinski definition) is 4. The van der Waals surface area contributed by atoms with Crippen molar-refractivity contribution in [2.75, 3.05) is 0 Å². The number of para-hydroxylation sites is 1. The van der Waals surface area contributed by atoms with Crippen molar-refractivity contribution in [3.63, 3.8) is 0 Å². The minimum atomic E-state index is -0.713. The number of benzene rings is 1. The van der Waals surface area contributed by atoms with Gasteiger partial charge in [-0.25, -0.2) is 5.84 Å². The second-order valence-corrected chi connectivity index (χ2v) is 3.90. The highest BCUT2D eigenvalue weighted by Gasteiger charge is 2.24. The molecule has 5 nitrogen and oxygen atoms in total. The molecule has 0 saturated carbocycles. The Hall–Kier alpha value is -2.06. The van der Waals surface area contributed by atoms with Crippen LogP contribution in [-0.2, 0) is 4.79 Å². The average molecular weight is 233 g/mol. The fraction of sp³-hybridized carbons (Fsp3) is 0.333. The van der Waals surface area contributed by atoms with Crippen LogP contribution in [0.2, 0.25) is 0 Å². The molecule has 1 amide bonds. The number of carbonyl (C=O) groups is 1. The van der Waals surface area contributed by atoms with E-state index in [-0.39, 0.29) is 5.92 Å². The lowest BCUT2D eigenvalue weighted by molar-refractivity contribution is -0.129. The van der Waals surface area contributed by atoms with E-state index in [0.29, 0.717) is 11.3 Å². The first-order valence-corrected chi connectivity index (χ1v) is 5.26. The van der Waals surface area contributed by atoms with Gasteiger partial charge in [0.25, 0.3) is 5.91 Å². The number of amides is 1. The Morgan fingerprint density at radius 1 is 1.47 bits per heavy atom. The topological polar surface area (TPSA) is 88.1 Å². The van der Waals surface area contributed by atoms with Gasteiger partial charge in [0.05, 0.1) is 5.56 Å². The van der Waals surface area contributed by atoms with E-state index >= 15 is 0 Å². The van der Waals surface area contributed by atoms with Gasteiger partial charge in [0.2, 0.25) is 0 Å². The molecule has 1 atom stereocenters. The van der Waals surface area contributed by atoms with E-state index < -0.39 is 12.0 Å². The summed E-state index contributed by atoms with van der Waals surface area (Å²) in [6.45, 7) is 3.68. The van der Waals surface area contributed by atoms with Gasteiger partial charge in [-0.2, -0.15) is 5.26 Å². The SMILES string of the molecule is CC(C)C(Oc1ccccc1C#N)C(=O)NN. The first-order chi connectivity index (χ1) is 8.10. The zero-order chi connectivity index (χ0) is 12.8. The maximum atomic E-state index is 11.5. The average Bonchev–Trinajstić information content (AvgIpc) is 2.35. The molecule has 3 N–H and O–H groups in total. The molecular formula is C12H15N3O2. The minimum Gasteiger partial charge on any atom is -0.479 e. The third-order valence-electron chi connectivity index (χ3n) is 2.27. The van der Waals surface area contributed by atoms with E-state index in [0.717, 1.165) is 0 Å². The van der Waals surface area contributed by atoms with Crippen LogP contribution in [0.5, 0.6) is 5.75 Å². The van der Waals surface area contributed by atoms with Gasteiger partial charge in [-0.3, -0.25) is 10.2 Å². The first-order valence-electron chi connectivity index (χ1n) is 5.26. The second kappa shape index (κ2) is 5.87. The molecule has 17 heavy (non-hydrogen) atoms. The summed E-state index contributed by atoms with van der Waals surface area (Å²) >= 11 is 0. The lowest BCUT2D eigenvalue weighted by atomic mass is 10.1. The summed E-state index contributed by atoms with van der Waals surface area (Å²) in [6, 6.07) is 8.77. The Labute approximate surface area is 100 Å². The minimum absolute atomic E-state index is 0.0506. The molecule has 5 heteroatoms. The Kier molecular flexibility index (Phi) is 4.49. The van der Waals surface area contributed by atoms with Crippen LogP contribution >= 0.6 is 0 Å². The zero-order valence-corrected chi connectivity index (χ0v) is 9.81. The van der Waals surface area contributed by atoms with Gasteiger partial charge in [-0.15, -0.1) is 0 Å². The van der Waals surface area contributed by atoms with Crippen molar-refractivity contribution in [1.82, 2.24) is 5.43 Å². The predicted molar refractivity (Wildman–Crippen MR) is 62.7 cm³/mol. The molecule has 1 aromatic carbocycles. The Bertz CT molecular complexity index is 438. The summed E-state index contributed by atoms with van der Waals surface area (Å²) in [5.74, 6) is 5.02. The Balaban J connectivity index is 2.94. The van der Waals surface area contributed by atoms with Crippen LogP contribution in [-0.4, -0.2) is 12.0 Å². The Morgan fingerprint density at radius 2 is 2.12 bits per heavy atom. The van der Waals surface area contributed by atoms with Gasteiger partial charge in [0, 0.05) is 0 Å². The monoisotopic (exact) mass is 233 g/mol. The van der Waals surface area contributed by atoms with Crippen LogP contribution in [0.3, 0.4) is 0 Å². The number of nitrogens with one attached hydrogen (secondary N) is 1. The highest BCUT2D eigenvalue weighted by molar-refractivity contribution is 5.80. The standard InChI is InChI=1S/C12H15N3O2/c1-8(2)11(12(16)15-14)17-10-6-4-3-5-9(10)7-13/h3-6,8,11H,14H2,1-2H3,(H,15,16). The van der Waals surface area contributed by atoms with Gasteiger partial charge >= 0.3 is 0 Å². The van der Waals surface area contributed by atoms with E-state index in [2.05, 4.69) is 5.43 Å². The van der Waals surface area contributed by atoms with Crippen LogP contribution in [0, 0.1) is 17.2 Å². The molecular weight excluding hydrogens is 218 g/mol. The molecule has 1 rings (SSSR count). The third kappa shape index (κ3) is 3.20. The molecule has 0 aromatic heterocycles. The van der Waals surface area contributed by atoms with Crippen molar-refractivity contribution in [3.8, 4) is 11.8 Å². The number of nitrogens with two attached hydrogens (primary N) is 1. The van der Waals surface area contributed by atoms with Crippen LogP contribution in [0.4, 0.5) is 0 Å². The maximum absolute atomic E-state index is 11.5. The van der Waals surface area contributed by atoms with Crippen LogP contribution < -0.4 is 16.0 Å². The van der Waals surface area contributed by atoms with Crippen LogP contribution in [0.15, 0.2) is 24.3 Å². The number of hydrazine groups is 1. The van der Waals surface area contributed by atoms with Crippen molar-refractivity contribution in [2.45, 2.75) is 20.0 Å². The molecule has 0 aliphatic rings. The van der Waals surface area contributed by atoms with Gasteiger partial charge in [-0.05, 0) is 18.1 Å². The molecule has 90 valence electrons. The van der Waals surface area contributed by atoms with Gasteiger partial charge < -0.3 is 4.74 Å². The van der Waals surface area contributed by atoms with Gasteiger partial charge in [0.1, 0.15) is 11.8 Å². The largest absolute Gasteiger partial charge is 0.479 e. The van der Waals surface area contributed by atoms with Crippen molar-refractivity contribution in [3.05, 3.63) is 29.8 Å². The Morgan fingerprint density at radius 3 is 2.65 bits per heavy atom. The fourth-order valence-electron chi connectivity index (χ4n) is 1.37. The molecule has 1 aromatic rings. The molecule has 0 spiro atoms. The van der Waals surface area contributed by atoms with E-state index in [1.165, 1.54) is 0 Å². The first kappa shape index (κ1) is 13.0. The van der Waals surface area contributed by atoms with Crippen molar-refractivity contribution < 1.29 is 9.53 Å². The van der Waals surface area contributed by atoms with Crippen molar-refractivity contribution >= 4 is 5.91 Å². The third-order valence-corrected chi connectivity index (χ3v) is 2.27. The predicted octanol–water partition coefficient (Wildman–Crippen LogP) is 0.952. The summed E-state index contributed by atoms with van der Waals surface area (Å²) in [6.07, 6.45) is -0.713. The van der Waals surface area contributed by atoms with E-state index in [1.807, 2.05) is 19.9 Å². The van der Waals surface area contributed by atoms with Crippen molar-refractivity contribution in [2.24, 2.45) is 11.8 Å². The number of ether oxygens (including phenoxy) is 1. The molecule has 0 saturated heterocycles. The molecule has 0 aliphatic carbocycles. The number of nitriles is 1. The summed E-state index contributed by atoms with van der Waals surface area (Å²) < 4.78 is 5.54. The number of rotatable bonds is 4. The normalized spacial score (nSPS) is 11.7. The van der Waals surface area contributed by atoms with Crippen molar-refractivity contribution in [1.29, 1.82) is 5.26 Å². The van der Waals surface area contributed by atoms with Gasteiger partial charge in [0.15, 0.2) is 6.10 Å². The lowest BCUT2D eigenvalue weighted by Crippen LogP contribution is -2.44. The van der Waals surface area contributed by atoms with E-state index in [1.54, 1.807) is 24.3 Å². The summed E-state index contributed by atoms with van der Waals surface area (Å²) in [4.78, 5) is 11.5. The summed E-state index contributed by atoms with van der Waals surface area (Å²) in [7, 11) is 0.